The van der Waals surface area contributed by atoms with Gasteiger partial charge in [-0.1, -0.05) is 23.7 Å². The molecule has 1 aromatic heterocycles. The minimum atomic E-state index is -0.787. The highest BCUT2D eigenvalue weighted by Gasteiger charge is 2.26. The molecule has 1 saturated heterocycles. The molecule has 2 heterocycles. The first-order chi connectivity index (χ1) is 11.5. The van der Waals surface area contributed by atoms with Crippen LogP contribution in [0.4, 0.5) is 0 Å². The Morgan fingerprint density at radius 3 is 2.54 bits per heavy atom. The molecule has 6 heteroatoms. The van der Waals surface area contributed by atoms with Crippen LogP contribution in [-0.2, 0) is 11.8 Å². The van der Waals surface area contributed by atoms with Crippen LogP contribution in [0.5, 0.6) is 0 Å². The molecule has 3 rings (SSSR count). The van der Waals surface area contributed by atoms with Gasteiger partial charge >= 0.3 is 0 Å². The highest BCUT2D eigenvalue weighted by Crippen LogP contribution is 2.28. The summed E-state index contributed by atoms with van der Waals surface area (Å²) in [4.78, 5) is 14.3. The number of aliphatic hydroxyl groups is 1. The molecule has 128 valence electrons. The molecule has 1 atom stereocenters. The fraction of sp³-hybridized carbons (Fsp3) is 0.444. The number of aromatic nitrogens is 2. The Labute approximate surface area is 146 Å². The molecule has 1 N–H and O–H groups in total. The molecule has 2 aromatic rings. The smallest absolute Gasteiger partial charge is 0.225 e. The Hall–Kier alpha value is -1.85. The largest absolute Gasteiger partial charge is 0.388 e. The van der Waals surface area contributed by atoms with Gasteiger partial charge in [-0.2, -0.15) is 5.10 Å². The van der Waals surface area contributed by atoms with Crippen molar-refractivity contribution in [3.63, 3.8) is 0 Å². The zero-order valence-corrected chi connectivity index (χ0v) is 14.5. The van der Waals surface area contributed by atoms with E-state index < -0.39 is 6.10 Å². The second-order valence-electron chi connectivity index (χ2n) is 6.31. The van der Waals surface area contributed by atoms with Crippen LogP contribution < -0.4 is 0 Å². The summed E-state index contributed by atoms with van der Waals surface area (Å²) in [7, 11) is 1.95. The van der Waals surface area contributed by atoms with Crippen molar-refractivity contribution in [1.82, 2.24) is 14.7 Å². The maximum atomic E-state index is 12.4. The number of amides is 1. The number of rotatable bonds is 4. The third-order valence-electron chi connectivity index (χ3n) is 4.75. The van der Waals surface area contributed by atoms with Crippen LogP contribution >= 0.6 is 11.6 Å². The van der Waals surface area contributed by atoms with Crippen LogP contribution in [0.1, 0.15) is 42.5 Å². The molecule has 0 saturated carbocycles. The van der Waals surface area contributed by atoms with Crippen LogP contribution in [-0.4, -0.2) is 38.8 Å². The third-order valence-corrected chi connectivity index (χ3v) is 5.00. The summed E-state index contributed by atoms with van der Waals surface area (Å²) in [6.45, 7) is 1.45. The predicted octanol–water partition coefficient (Wildman–Crippen LogP) is 2.90. The van der Waals surface area contributed by atoms with Gasteiger partial charge in [-0.25, -0.2) is 0 Å². The second kappa shape index (κ2) is 7.36. The van der Waals surface area contributed by atoms with Crippen molar-refractivity contribution in [2.24, 2.45) is 7.05 Å². The van der Waals surface area contributed by atoms with E-state index in [1.807, 2.05) is 28.9 Å². The van der Waals surface area contributed by atoms with Gasteiger partial charge in [0, 0.05) is 43.0 Å². The summed E-state index contributed by atoms with van der Waals surface area (Å²) in [5.41, 5.74) is 1.95. The normalized spacial score (nSPS) is 17.0. The van der Waals surface area contributed by atoms with Gasteiger partial charge in [-0.05, 0) is 36.6 Å². The Morgan fingerprint density at radius 2 is 1.96 bits per heavy atom. The van der Waals surface area contributed by atoms with Crippen molar-refractivity contribution < 1.29 is 9.90 Å². The molecule has 0 aliphatic carbocycles. The molecular weight excluding hydrogens is 326 g/mol. The van der Waals surface area contributed by atoms with Crippen LogP contribution in [0.25, 0.3) is 0 Å². The molecule has 1 aromatic carbocycles. The summed E-state index contributed by atoms with van der Waals surface area (Å²) in [5, 5.41) is 15.1. The van der Waals surface area contributed by atoms with Crippen molar-refractivity contribution in [2.75, 3.05) is 13.1 Å². The lowest BCUT2D eigenvalue weighted by Gasteiger charge is -2.32. The number of piperidine rings is 1. The molecule has 1 unspecified atom stereocenters. The van der Waals surface area contributed by atoms with E-state index in [1.54, 1.807) is 24.3 Å². The molecule has 0 bridgehead atoms. The van der Waals surface area contributed by atoms with E-state index >= 15 is 0 Å². The quantitative estimate of drug-likeness (QED) is 0.925. The van der Waals surface area contributed by atoms with E-state index in [0.29, 0.717) is 10.9 Å². The SMILES string of the molecule is Cn1nccc1C1CCN(C(=O)CC(O)c2ccc(Cl)cc2)CC1. The molecule has 0 radical (unpaired) electrons. The highest BCUT2D eigenvalue weighted by atomic mass is 35.5. The first-order valence-corrected chi connectivity index (χ1v) is 8.61. The molecule has 24 heavy (non-hydrogen) atoms. The van der Waals surface area contributed by atoms with Gasteiger partial charge < -0.3 is 10.0 Å². The van der Waals surface area contributed by atoms with Crippen molar-refractivity contribution in [3.8, 4) is 0 Å². The van der Waals surface area contributed by atoms with Crippen LogP contribution in [0.15, 0.2) is 36.5 Å². The molecule has 1 aliphatic rings. The number of carbonyl (C=O) groups excluding carboxylic acids is 1. The highest BCUT2D eigenvalue weighted by molar-refractivity contribution is 6.30. The van der Waals surface area contributed by atoms with E-state index in [9.17, 15) is 9.90 Å². The Bertz CT molecular complexity index is 691. The Morgan fingerprint density at radius 1 is 1.29 bits per heavy atom. The second-order valence-corrected chi connectivity index (χ2v) is 6.74. The van der Waals surface area contributed by atoms with E-state index in [1.165, 1.54) is 5.69 Å². The van der Waals surface area contributed by atoms with Gasteiger partial charge in [0.15, 0.2) is 0 Å². The van der Waals surface area contributed by atoms with Crippen molar-refractivity contribution in [2.45, 2.75) is 31.3 Å². The van der Waals surface area contributed by atoms with Crippen molar-refractivity contribution in [3.05, 3.63) is 52.8 Å². The summed E-state index contributed by atoms with van der Waals surface area (Å²) < 4.78 is 1.91. The number of aliphatic hydroxyl groups excluding tert-OH is 1. The number of carbonyl (C=O) groups is 1. The Balaban J connectivity index is 1.53. The third kappa shape index (κ3) is 3.79. The molecule has 0 spiro atoms. The van der Waals surface area contributed by atoms with Crippen LogP contribution in [0.3, 0.4) is 0 Å². The molecule has 1 aliphatic heterocycles. The number of benzene rings is 1. The number of nitrogens with zero attached hydrogens (tertiary/aromatic N) is 3. The van der Waals surface area contributed by atoms with Crippen LogP contribution in [0, 0.1) is 0 Å². The number of aryl methyl sites for hydroxylation is 1. The van der Waals surface area contributed by atoms with Crippen LogP contribution in [0.2, 0.25) is 5.02 Å². The minimum absolute atomic E-state index is 0.000839. The first-order valence-electron chi connectivity index (χ1n) is 8.24. The minimum Gasteiger partial charge on any atom is -0.388 e. The standard InChI is InChI=1S/C18H22ClN3O2/c1-21-16(6-9-20-21)13-7-10-22(11-8-13)18(24)12-17(23)14-2-4-15(19)5-3-14/h2-6,9,13,17,23H,7-8,10-12H2,1H3. The number of halogens is 1. The zero-order chi connectivity index (χ0) is 17.1. The van der Waals surface area contributed by atoms with Gasteiger partial charge in [0.2, 0.25) is 5.91 Å². The predicted molar refractivity (Wildman–Crippen MR) is 92.8 cm³/mol. The van der Waals surface area contributed by atoms with Crippen molar-refractivity contribution in [1.29, 1.82) is 0 Å². The monoisotopic (exact) mass is 347 g/mol. The molecular formula is C18H22ClN3O2. The first kappa shape index (κ1) is 17.0. The van der Waals surface area contributed by atoms with Gasteiger partial charge in [0.25, 0.3) is 0 Å². The summed E-state index contributed by atoms with van der Waals surface area (Å²) in [6, 6.07) is 9.02. The zero-order valence-electron chi connectivity index (χ0n) is 13.7. The fourth-order valence-electron chi connectivity index (χ4n) is 3.31. The summed E-state index contributed by atoms with van der Waals surface area (Å²) in [6.07, 6.45) is 3.00. The summed E-state index contributed by atoms with van der Waals surface area (Å²) in [5.74, 6) is 0.448. The van der Waals surface area contributed by atoms with Gasteiger partial charge in [-0.3, -0.25) is 9.48 Å². The number of hydrogen-bond acceptors (Lipinski definition) is 3. The van der Waals surface area contributed by atoms with Crippen molar-refractivity contribution >= 4 is 17.5 Å². The fourth-order valence-corrected chi connectivity index (χ4v) is 3.43. The van der Waals surface area contributed by atoms with E-state index in [0.717, 1.165) is 31.5 Å². The lowest BCUT2D eigenvalue weighted by atomic mass is 9.93. The maximum Gasteiger partial charge on any atom is 0.225 e. The number of hydrogen-bond donors (Lipinski definition) is 1. The van der Waals surface area contributed by atoms with E-state index in [-0.39, 0.29) is 12.3 Å². The summed E-state index contributed by atoms with van der Waals surface area (Å²) >= 11 is 5.85. The molecule has 5 nitrogen and oxygen atoms in total. The number of likely N-dealkylation sites (tertiary alicyclic amines) is 1. The van der Waals surface area contributed by atoms with Gasteiger partial charge in [-0.15, -0.1) is 0 Å². The van der Waals surface area contributed by atoms with Gasteiger partial charge in [0.05, 0.1) is 12.5 Å². The average Bonchev–Trinajstić information content (AvgIpc) is 3.01. The van der Waals surface area contributed by atoms with E-state index in [4.69, 9.17) is 11.6 Å². The van der Waals surface area contributed by atoms with E-state index in [2.05, 4.69) is 5.10 Å². The molecule has 1 fully saturated rings. The topological polar surface area (TPSA) is 58.4 Å². The molecule has 1 amide bonds. The maximum absolute atomic E-state index is 12.4. The average molecular weight is 348 g/mol. The van der Waals surface area contributed by atoms with Gasteiger partial charge in [0.1, 0.15) is 0 Å². The Kier molecular flexibility index (Phi) is 5.21. The lowest BCUT2D eigenvalue weighted by Crippen LogP contribution is -2.38. The lowest BCUT2D eigenvalue weighted by molar-refractivity contribution is -0.134.